The number of carbonyl (C=O) groups is 1. The number of benzene rings is 2. The van der Waals surface area contributed by atoms with Gasteiger partial charge in [-0.15, -0.1) is 0 Å². The van der Waals surface area contributed by atoms with E-state index < -0.39 is 17.0 Å². The maximum atomic E-state index is 12.9. The van der Waals surface area contributed by atoms with Crippen LogP contribution in [0, 0.1) is 0 Å². The molecule has 1 aliphatic heterocycles. The Kier molecular flexibility index (Phi) is 3.93. The lowest BCUT2D eigenvalue weighted by Gasteiger charge is -2.10. The minimum Gasteiger partial charge on any atom is -0.393 e. The van der Waals surface area contributed by atoms with Gasteiger partial charge >= 0.3 is 6.18 Å². The number of thioether (sulfide) groups is 1. The fraction of sp³-hybridized carbons (Fsp3) is 0.118. The van der Waals surface area contributed by atoms with Crippen molar-refractivity contribution in [1.29, 1.82) is 0 Å². The molecule has 0 aliphatic carbocycles. The van der Waals surface area contributed by atoms with Crippen molar-refractivity contribution in [2.24, 2.45) is 5.73 Å². The second kappa shape index (κ2) is 5.77. The summed E-state index contributed by atoms with van der Waals surface area (Å²) >= 11 is 1.17. The van der Waals surface area contributed by atoms with E-state index in [2.05, 4.69) is 0 Å². The Morgan fingerprint density at radius 2 is 1.70 bits per heavy atom. The number of carbonyl (C=O) groups excluding carboxylic acids is 1. The molecule has 0 aromatic heterocycles. The Labute approximate surface area is 135 Å². The Hall–Kier alpha value is -2.21. The van der Waals surface area contributed by atoms with Gasteiger partial charge in [0.15, 0.2) is 5.78 Å². The Balaban J connectivity index is 1.98. The number of halogens is 3. The van der Waals surface area contributed by atoms with E-state index >= 15 is 0 Å². The van der Waals surface area contributed by atoms with Crippen molar-refractivity contribution >= 4 is 23.1 Å². The fourth-order valence-corrected chi connectivity index (χ4v) is 3.58. The number of nitrogens with two attached hydrogens (primary N) is 1. The SMILES string of the molecule is NC1=C(c2cccc(C(F)(F)F)c2)C(=O)C(c2ccccc2)S1. The highest BCUT2D eigenvalue weighted by Gasteiger charge is 2.36. The van der Waals surface area contributed by atoms with Gasteiger partial charge in [0, 0.05) is 0 Å². The first-order valence-corrected chi connectivity index (χ1v) is 7.69. The van der Waals surface area contributed by atoms with Gasteiger partial charge in [-0.25, -0.2) is 0 Å². The highest BCUT2D eigenvalue weighted by molar-refractivity contribution is 8.04. The molecule has 2 nitrogen and oxygen atoms in total. The molecule has 23 heavy (non-hydrogen) atoms. The van der Waals surface area contributed by atoms with Gasteiger partial charge in [-0.2, -0.15) is 13.2 Å². The summed E-state index contributed by atoms with van der Waals surface area (Å²) in [5.74, 6) is -0.266. The van der Waals surface area contributed by atoms with Crippen molar-refractivity contribution in [1.82, 2.24) is 0 Å². The van der Waals surface area contributed by atoms with Crippen molar-refractivity contribution in [2.45, 2.75) is 11.4 Å². The first kappa shape index (κ1) is 15.7. The van der Waals surface area contributed by atoms with Gasteiger partial charge in [0.25, 0.3) is 0 Å². The molecule has 1 heterocycles. The zero-order valence-electron chi connectivity index (χ0n) is 11.8. The van der Waals surface area contributed by atoms with Crippen LogP contribution in [0.15, 0.2) is 59.6 Å². The molecule has 0 fully saturated rings. The van der Waals surface area contributed by atoms with Crippen molar-refractivity contribution in [2.75, 3.05) is 0 Å². The van der Waals surface area contributed by atoms with Crippen LogP contribution in [0.3, 0.4) is 0 Å². The van der Waals surface area contributed by atoms with E-state index in [0.717, 1.165) is 17.7 Å². The first-order chi connectivity index (χ1) is 10.9. The monoisotopic (exact) mass is 335 g/mol. The zero-order valence-corrected chi connectivity index (χ0v) is 12.6. The van der Waals surface area contributed by atoms with Gasteiger partial charge < -0.3 is 5.73 Å². The van der Waals surface area contributed by atoms with Crippen molar-refractivity contribution in [3.8, 4) is 0 Å². The molecule has 0 saturated carbocycles. The molecule has 0 spiro atoms. The smallest absolute Gasteiger partial charge is 0.393 e. The Morgan fingerprint density at radius 1 is 1.00 bits per heavy atom. The van der Waals surface area contributed by atoms with E-state index in [1.807, 2.05) is 18.2 Å². The van der Waals surface area contributed by atoms with E-state index in [4.69, 9.17) is 5.73 Å². The van der Waals surface area contributed by atoms with Crippen LogP contribution < -0.4 is 5.73 Å². The highest BCUT2D eigenvalue weighted by Crippen LogP contribution is 2.46. The number of hydrogen-bond donors (Lipinski definition) is 1. The minimum absolute atomic E-state index is 0.162. The summed E-state index contributed by atoms with van der Waals surface area (Å²) in [4.78, 5) is 12.6. The van der Waals surface area contributed by atoms with Crippen LogP contribution in [0.25, 0.3) is 5.57 Å². The molecule has 1 aliphatic rings. The first-order valence-electron chi connectivity index (χ1n) is 6.81. The summed E-state index contributed by atoms with van der Waals surface area (Å²) in [6.07, 6.45) is -4.46. The molecule has 0 radical (unpaired) electrons. The average molecular weight is 335 g/mol. The molecular weight excluding hydrogens is 323 g/mol. The minimum atomic E-state index is -4.46. The lowest BCUT2D eigenvalue weighted by atomic mass is 9.96. The van der Waals surface area contributed by atoms with E-state index in [1.54, 1.807) is 12.1 Å². The summed E-state index contributed by atoms with van der Waals surface area (Å²) in [5, 5.41) is -0.260. The van der Waals surface area contributed by atoms with Gasteiger partial charge in [0.1, 0.15) is 0 Å². The molecule has 2 N–H and O–H groups in total. The molecule has 1 unspecified atom stereocenters. The Bertz CT molecular complexity index is 784. The summed E-state index contributed by atoms with van der Waals surface area (Å²) in [6, 6.07) is 13.8. The van der Waals surface area contributed by atoms with Crippen molar-refractivity contribution in [3.63, 3.8) is 0 Å². The van der Waals surface area contributed by atoms with E-state index in [1.165, 1.54) is 23.9 Å². The predicted molar refractivity (Wildman–Crippen MR) is 84.3 cm³/mol. The van der Waals surface area contributed by atoms with Crippen molar-refractivity contribution < 1.29 is 18.0 Å². The predicted octanol–water partition coefficient (Wildman–Crippen LogP) is 4.39. The quantitative estimate of drug-likeness (QED) is 0.885. The number of alkyl halides is 3. The van der Waals surface area contributed by atoms with E-state index in [9.17, 15) is 18.0 Å². The largest absolute Gasteiger partial charge is 0.416 e. The summed E-state index contributed by atoms with van der Waals surface area (Å²) in [7, 11) is 0. The molecule has 0 bridgehead atoms. The van der Waals surface area contributed by atoms with Gasteiger partial charge in [-0.3, -0.25) is 4.79 Å². The molecule has 2 aromatic rings. The van der Waals surface area contributed by atoms with Crippen LogP contribution in [0.5, 0.6) is 0 Å². The molecule has 3 rings (SSSR count). The van der Waals surface area contributed by atoms with E-state index in [-0.39, 0.29) is 21.9 Å². The van der Waals surface area contributed by atoms with Crippen LogP contribution in [-0.2, 0) is 11.0 Å². The third-order valence-electron chi connectivity index (χ3n) is 3.56. The molecule has 0 saturated heterocycles. The van der Waals surface area contributed by atoms with Crippen LogP contribution in [0.1, 0.15) is 21.9 Å². The number of allylic oxidation sites excluding steroid dienone is 1. The van der Waals surface area contributed by atoms with Gasteiger partial charge in [0.05, 0.1) is 21.4 Å². The maximum absolute atomic E-state index is 12.9. The maximum Gasteiger partial charge on any atom is 0.416 e. The third-order valence-corrected chi connectivity index (χ3v) is 4.74. The van der Waals surface area contributed by atoms with Crippen LogP contribution >= 0.6 is 11.8 Å². The molecule has 1 atom stereocenters. The van der Waals surface area contributed by atoms with Gasteiger partial charge in [0.2, 0.25) is 0 Å². The third kappa shape index (κ3) is 2.99. The number of Topliss-reactive ketones (excluding diaryl/α,β-unsaturated/α-hetero) is 1. The topological polar surface area (TPSA) is 43.1 Å². The average Bonchev–Trinajstić information content (AvgIpc) is 2.82. The summed E-state index contributed by atoms with van der Waals surface area (Å²) < 4.78 is 38.6. The van der Waals surface area contributed by atoms with Crippen molar-refractivity contribution in [3.05, 3.63) is 76.3 Å². The van der Waals surface area contributed by atoms with Crippen LogP contribution in [0.4, 0.5) is 13.2 Å². The highest BCUT2D eigenvalue weighted by atomic mass is 32.2. The molecular formula is C17H12F3NOS. The zero-order chi connectivity index (χ0) is 16.6. The van der Waals surface area contributed by atoms with Crippen LogP contribution in [0.2, 0.25) is 0 Å². The number of ketones is 1. The Morgan fingerprint density at radius 3 is 2.35 bits per heavy atom. The standard InChI is InChI=1S/C17H12F3NOS/c18-17(19,20)12-8-4-7-11(9-12)13-14(22)15(23-16(13)21)10-5-2-1-3-6-10/h1-9,15H,21H2. The number of rotatable bonds is 2. The summed E-state index contributed by atoms with van der Waals surface area (Å²) in [6.45, 7) is 0. The molecule has 2 aromatic carbocycles. The van der Waals surface area contributed by atoms with E-state index in [0.29, 0.717) is 0 Å². The fourth-order valence-electron chi connectivity index (χ4n) is 2.47. The lowest BCUT2D eigenvalue weighted by Crippen LogP contribution is -2.09. The molecule has 6 heteroatoms. The molecule has 118 valence electrons. The van der Waals surface area contributed by atoms with Crippen LogP contribution in [-0.4, -0.2) is 5.78 Å². The van der Waals surface area contributed by atoms with Gasteiger partial charge in [-0.1, -0.05) is 54.2 Å². The van der Waals surface area contributed by atoms with Gasteiger partial charge in [-0.05, 0) is 23.3 Å². The summed E-state index contributed by atoms with van der Waals surface area (Å²) in [5.41, 5.74) is 6.28. The number of hydrogen-bond acceptors (Lipinski definition) is 3. The second-order valence-electron chi connectivity index (χ2n) is 5.09. The molecule has 0 amide bonds. The normalized spacial score (nSPS) is 18.6. The second-order valence-corrected chi connectivity index (χ2v) is 6.24. The lowest BCUT2D eigenvalue weighted by molar-refractivity contribution is -0.137.